The lowest BCUT2D eigenvalue weighted by Gasteiger charge is -2.06. The van der Waals surface area contributed by atoms with Crippen molar-refractivity contribution in [1.82, 2.24) is 0 Å². The molecule has 1 aromatic carbocycles. The van der Waals surface area contributed by atoms with E-state index in [1.165, 1.54) is 19.1 Å². The van der Waals surface area contributed by atoms with Crippen molar-refractivity contribution in [1.29, 1.82) is 0 Å². The highest BCUT2D eigenvalue weighted by atomic mass is 16.4. The molecule has 0 fully saturated rings. The van der Waals surface area contributed by atoms with E-state index in [9.17, 15) is 14.7 Å². The highest BCUT2D eigenvalue weighted by molar-refractivity contribution is 5.96. The average molecular weight is 235 g/mol. The lowest BCUT2D eigenvalue weighted by Crippen LogP contribution is -2.15. The van der Waals surface area contributed by atoms with Gasteiger partial charge in [0.05, 0.1) is 5.69 Å². The topological polar surface area (TPSA) is 114 Å². The molecule has 0 aliphatic carbocycles. The predicted octanol–water partition coefficient (Wildman–Crippen LogP) is 1.09. The summed E-state index contributed by atoms with van der Waals surface area (Å²) >= 11 is 0. The zero-order valence-corrected chi connectivity index (χ0v) is 8.85. The first-order valence-corrected chi connectivity index (χ1v) is 4.71. The number of phenols is 1. The minimum Gasteiger partial charge on any atom is -0.506 e. The molecule has 1 aromatic heterocycles. The van der Waals surface area contributed by atoms with Gasteiger partial charge in [0.15, 0.2) is 0 Å². The number of fused-ring (bicyclic) bond motifs is 1. The van der Waals surface area contributed by atoms with E-state index in [-0.39, 0.29) is 22.6 Å². The zero-order valence-electron chi connectivity index (χ0n) is 8.85. The molecule has 88 valence electrons. The van der Waals surface area contributed by atoms with Crippen LogP contribution < -0.4 is 11.4 Å². The lowest BCUT2D eigenvalue weighted by atomic mass is 10.1. The van der Waals surface area contributed by atoms with Crippen molar-refractivity contribution in [3.63, 3.8) is 0 Å². The summed E-state index contributed by atoms with van der Waals surface area (Å²) in [5.74, 6) is -1.58. The molecule has 0 atom stereocenters. The molecule has 0 bridgehead atoms. The van der Waals surface area contributed by atoms with E-state index in [4.69, 9.17) is 15.3 Å². The Morgan fingerprint density at radius 1 is 1.41 bits per heavy atom. The van der Waals surface area contributed by atoms with E-state index in [1.54, 1.807) is 0 Å². The third kappa shape index (κ3) is 1.59. The van der Waals surface area contributed by atoms with Gasteiger partial charge >= 0.3 is 11.6 Å². The Labute approximate surface area is 94.9 Å². The highest BCUT2D eigenvalue weighted by Gasteiger charge is 2.18. The molecule has 6 nitrogen and oxygen atoms in total. The van der Waals surface area contributed by atoms with Crippen LogP contribution in [0.25, 0.3) is 11.0 Å². The zero-order chi connectivity index (χ0) is 12.7. The monoisotopic (exact) mass is 235 g/mol. The van der Waals surface area contributed by atoms with Crippen LogP contribution in [-0.2, 0) is 0 Å². The van der Waals surface area contributed by atoms with E-state index >= 15 is 0 Å². The summed E-state index contributed by atoms with van der Waals surface area (Å²) in [6, 6.07) is 2.56. The number of carboxylic acid groups (broad SMARTS) is 1. The number of aromatic carboxylic acids is 1. The van der Waals surface area contributed by atoms with Gasteiger partial charge in [-0.15, -0.1) is 0 Å². The van der Waals surface area contributed by atoms with Crippen LogP contribution in [0, 0.1) is 6.92 Å². The maximum Gasteiger partial charge on any atom is 0.351 e. The standard InChI is InChI=1S/C11H9NO5/c1-4-5-2-6(12)7(13)3-8(5)17-11(16)9(4)10(14)15/h2-3,13H,12H2,1H3,(H,14,15). The van der Waals surface area contributed by atoms with Gasteiger partial charge in [0.25, 0.3) is 0 Å². The summed E-state index contributed by atoms with van der Waals surface area (Å²) in [6.07, 6.45) is 0. The fourth-order valence-electron chi connectivity index (χ4n) is 1.65. The van der Waals surface area contributed by atoms with Crippen molar-refractivity contribution in [2.24, 2.45) is 0 Å². The maximum atomic E-state index is 11.4. The summed E-state index contributed by atoms with van der Waals surface area (Å²) < 4.78 is 4.82. The molecule has 6 heteroatoms. The van der Waals surface area contributed by atoms with Crippen LogP contribution >= 0.6 is 0 Å². The van der Waals surface area contributed by atoms with Gasteiger partial charge in [-0.25, -0.2) is 9.59 Å². The van der Waals surface area contributed by atoms with Gasteiger partial charge in [-0.1, -0.05) is 0 Å². The first-order chi connectivity index (χ1) is 7.91. The molecule has 2 aromatic rings. The van der Waals surface area contributed by atoms with Gasteiger partial charge in [-0.05, 0) is 18.6 Å². The number of phenolic OH excluding ortho intramolecular Hbond substituents is 1. The van der Waals surface area contributed by atoms with Crippen LogP contribution in [0.3, 0.4) is 0 Å². The van der Waals surface area contributed by atoms with Crippen LogP contribution in [0.4, 0.5) is 5.69 Å². The SMILES string of the molecule is Cc1c(C(=O)O)c(=O)oc2cc(O)c(N)cc12. The Kier molecular flexibility index (Phi) is 2.27. The number of aryl methyl sites for hydroxylation is 1. The van der Waals surface area contributed by atoms with Crippen molar-refractivity contribution in [3.8, 4) is 5.75 Å². The number of nitrogens with two attached hydrogens (primary N) is 1. The fourth-order valence-corrected chi connectivity index (χ4v) is 1.65. The molecular weight excluding hydrogens is 226 g/mol. The predicted molar refractivity (Wildman–Crippen MR) is 60.3 cm³/mol. The van der Waals surface area contributed by atoms with Crippen molar-refractivity contribution < 1.29 is 19.4 Å². The van der Waals surface area contributed by atoms with E-state index in [2.05, 4.69) is 0 Å². The van der Waals surface area contributed by atoms with Crippen LogP contribution in [0.5, 0.6) is 5.75 Å². The van der Waals surface area contributed by atoms with E-state index in [0.29, 0.717) is 5.39 Å². The van der Waals surface area contributed by atoms with E-state index < -0.39 is 17.2 Å². The number of hydrogen-bond donors (Lipinski definition) is 3. The molecule has 0 unspecified atom stereocenters. The van der Waals surface area contributed by atoms with Crippen LogP contribution in [-0.4, -0.2) is 16.2 Å². The number of aromatic hydroxyl groups is 1. The van der Waals surface area contributed by atoms with Gasteiger partial charge in [-0.2, -0.15) is 0 Å². The maximum absolute atomic E-state index is 11.4. The molecule has 0 amide bonds. The number of carbonyl (C=O) groups is 1. The summed E-state index contributed by atoms with van der Waals surface area (Å²) in [5, 5.41) is 18.6. The molecule has 0 aliphatic rings. The Hall–Kier alpha value is -2.50. The normalized spacial score (nSPS) is 10.6. The molecular formula is C11H9NO5. The van der Waals surface area contributed by atoms with Crippen molar-refractivity contribution in [2.75, 3.05) is 5.73 Å². The molecule has 0 radical (unpaired) electrons. The first-order valence-electron chi connectivity index (χ1n) is 4.71. The third-order valence-electron chi connectivity index (χ3n) is 2.53. The second-order valence-electron chi connectivity index (χ2n) is 3.60. The second-order valence-corrected chi connectivity index (χ2v) is 3.60. The number of carboxylic acids is 1. The van der Waals surface area contributed by atoms with Crippen LogP contribution in [0.15, 0.2) is 21.3 Å². The van der Waals surface area contributed by atoms with Gasteiger partial charge in [0, 0.05) is 11.5 Å². The molecule has 0 saturated carbocycles. The molecule has 1 heterocycles. The fraction of sp³-hybridized carbons (Fsp3) is 0.0909. The molecule has 4 N–H and O–H groups in total. The van der Waals surface area contributed by atoms with Crippen molar-refractivity contribution in [2.45, 2.75) is 6.92 Å². The number of benzene rings is 1. The number of rotatable bonds is 1. The van der Waals surface area contributed by atoms with Gasteiger partial charge < -0.3 is 20.4 Å². The third-order valence-corrected chi connectivity index (χ3v) is 2.53. The summed E-state index contributed by atoms with van der Waals surface area (Å²) in [6.45, 7) is 1.49. The molecule has 0 spiro atoms. The minimum atomic E-state index is -1.36. The molecule has 0 saturated heterocycles. The van der Waals surface area contributed by atoms with Gasteiger partial charge in [-0.3, -0.25) is 0 Å². The molecule has 0 aliphatic heterocycles. The largest absolute Gasteiger partial charge is 0.506 e. The summed E-state index contributed by atoms with van der Waals surface area (Å²) in [5.41, 5.74) is 4.57. The van der Waals surface area contributed by atoms with Crippen molar-refractivity contribution >= 4 is 22.6 Å². The van der Waals surface area contributed by atoms with Gasteiger partial charge in [0.2, 0.25) is 0 Å². The lowest BCUT2D eigenvalue weighted by molar-refractivity contribution is 0.0691. The second kappa shape index (κ2) is 3.51. The van der Waals surface area contributed by atoms with Crippen LogP contribution in [0.1, 0.15) is 15.9 Å². The number of nitrogen functional groups attached to an aromatic ring is 1. The molecule has 17 heavy (non-hydrogen) atoms. The van der Waals surface area contributed by atoms with Gasteiger partial charge in [0.1, 0.15) is 16.9 Å². The molecule has 2 rings (SSSR count). The average Bonchev–Trinajstić information content (AvgIpc) is 2.21. The minimum absolute atomic E-state index is 0.0887. The van der Waals surface area contributed by atoms with Crippen molar-refractivity contribution in [3.05, 3.63) is 33.7 Å². The van der Waals surface area contributed by atoms with E-state index in [0.717, 1.165) is 0 Å². The number of hydrogen-bond acceptors (Lipinski definition) is 5. The Morgan fingerprint density at radius 3 is 2.65 bits per heavy atom. The van der Waals surface area contributed by atoms with Crippen LogP contribution in [0.2, 0.25) is 0 Å². The Bertz CT molecular complexity index is 686. The smallest absolute Gasteiger partial charge is 0.351 e. The quantitative estimate of drug-likeness (QED) is 0.387. The first kappa shape index (κ1) is 11.0. The summed E-state index contributed by atoms with van der Waals surface area (Å²) in [7, 11) is 0. The Morgan fingerprint density at radius 2 is 2.06 bits per heavy atom. The highest BCUT2D eigenvalue weighted by Crippen LogP contribution is 2.28. The summed E-state index contributed by atoms with van der Waals surface area (Å²) in [4.78, 5) is 22.3. The Balaban J connectivity index is 2.97. The number of anilines is 1. The van der Waals surface area contributed by atoms with E-state index in [1.807, 2.05) is 0 Å².